The van der Waals surface area contributed by atoms with Crippen LogP contribution in [0.3, 0.4) is 0 Å². The fraction of sp³-hybridized carbons (Fsp3) is 0.462. The third-order valence-corrected chi connectivity index (χ3v) is 7.90. The summed E-state index contributed by atoms with van der Waals surface area (Å²) in [5.41, 5.74) is 3.32. The predicted octanol–water partition coefficient (Wildman–Crippen LogP) is 4.58. The number of carbonyl (C=O) groups excluding carboxylic acids is 2. The van der Waals surface area contributed by atoms with Crippen molar-refractivity contribution >= 4 is 34.8 Å². The fourth-order valence-corrected chi connectivity index (χ4v) is 6.15. The number of hydrogen-bond acceptors (Lipinski definition) is 6. The van der Waals surface area contributed by atoms with Crippen LogP contribution < -0.4 is 0 Å². The Kier molecular flexibility index (Phi) is 6.44. The highest BCUT2D eigenvalue weighted by molar-refractivity contribution is 8.00. The van der Waals surface area contributed by atoms with Gasteiger partial charge in [-0.2, -0.15) is 5.10 Å². The Hall–Kier alpha value is -3.07. The van der Waals surface area contributed by atoms with E-state index in [0.717, 1.165) is 40.0 Å². The number of aromatic nitrogens is 3. The minimum Gasteiger partial charge on any atom is -0.439 e. The molecule has 8 nitrogen and oxygen atoms in total. The Morgan fingerprint density at radius 1 is 1.17 bits per heavy atom. The molecule has 0 saturated carbocycles. The molecule has 0 spiro atoms. The molecule has 2 aliphatic heterocycles. The van der Waals surface area contributed by atoms with Gasteiger partial charge in [-0.05, 0) is 25.3 Å². The van der Waals surface area contributed by atoms with Crippen molar-refractivity contribution in [3.05, 3.63) is 53.3 Å². The number of carbonyl (C=O) groups is 2. The predicted molar refractivity (Wildman–Crippen MR) is 136 cm³/mol. The van der Waals surface area contributed by atoms with Crippen LogP contribution in [0.5, 0.6) is 0 Å². The summed E-state index contributed by atoms with van der Waals surface area (Å²) in [7, 11) is 1.88. The van der Waals surface area contributed by atoms with E-state index in [4.69, 9.17) is 4.74 Å². The minimum absolute atomic E-state index is 0.00425. The molecule has 1 atom stereocenters. The summed E-state index contributed by atoms with van der Waals surface area (Å²) in [6, 6.07) is 9.93. The summed E-state index contributed by atoms with van der Waals surface area (Å²) < 4.78 is 7.42. The summed E-state index contributed by atoms with van der Waals surface area (Å²) in [6.07, 6.45) is 2.67. The first-order valence-corrected chi connectivity index (χ1v) is 13.0. The SMILES string of the molecule is Cc1nn(C)c2ncc(C(=O)N3CCC(N4CC(c5ccccc5)OC4=O)CC3)c(SC(C)C)c12. The van der Waals surface area contributed by atoms with Crippen molar-refractivity contribution < 1.29 is 14.3 Å². The number of amides is 2. The molecule has 35 heavy (non-hydrogen) atoms. The van der Waals surface area contributed by atoms with E-state index < -0.39 is 0 Å². The molecule has 2 aromatic heterocycles. The summed E-state index contributed by atoms with van der Waals surface area (Å²) in [6.45, 7) is 7.96. The first-order valence-electron chi connectivity index (χ1n) is 12.1. The second kappa shape index (κ2) is 9.53. The van der Waals surface area contributed by atoms with Gasteiger partial charge in [0.05, 0.1) is 23.2 Å². The van der Waals surface area contributed by atoms with Gasteiger partial charge in [-0.25, -0.2) is 9.78 Å². The summed E-state index contributed by atoms with van der Waals surface area (Å²) in [5.74, 6) is -0.00425. The van der Waals surface area contributed by atoms with E-state index in [0.29, 0.717) is 30.4 Å². The number of cyclic esters (lactones) is 1. The monoisotopic (exact) mass is 493 g/mol. The number of benzene rings is 1. The maximum absolute atomic E-state index is 13.6. The molecule has 2 saturated heterocycles. The van der Waals surface area contributed by atoms with Gasteiger partial charge in [-0.1, -0.05) is 44.2 Å². The van der Waals surface area contributed by atoms with Crippen LogP contribution in [0.1, 0.15) is 54.4 Å². The Bertz CT molecular complexity index is 1250. The number of rotatable bonds is 5. The highest BCUT2D eigenvalue weighted by Crippen LogP contribution is 2.36. The van der Waals surface area contributed by atoms with Gasteiger partial charge in [-0.15, -0.1) is 11.8 Å². The Labute approximate surface area is 209 Å². The first kappa shape index (κ1) is 23.7. The van der Waals surface area contributed by atoms with E-state index in [2.05, 4.69) is 23.9 Å². The zero-order valence-electron chi connectivity index (χ0n) is 20.6. The third kappa shape index (κ3) is 4.49. The van der Waals surface area contributed by atoms with Crippen LogP contribution in [-0.2, 0) is 11.8 Å². The second-order valence-corrected chi connectivity index (χ2v) is 11.1. The summed E-state index contributed by atoms with van der Waals surface area (Å²) >= 11 is 1.68. The number of ether oxygens (including phenoxy) is 1. The Morgan fingerprint density at radius 2 is 1.89 bits per heavy atom. The van der Waals surface area contributed by atoms with Gasteiger partial charge in [0.15, 0.2) is 5.65 Å². The lowest BCUT2D eigenvalue weighted by molar-refractivity contribution is 0.0655. The van der Waals surface area contributed by atoms with Crippen molar-refractivity contribution in [2.75, 3.05) is 19.6 Å². The van der Waals surface area contributed by atoms with Gasteiger partial charge in [0.1, 0.15) is 6.10 Å². The van der Waals surface area contributed by atoms with Crippen molar-refractivity contribution in [1.29, 1.82) is 0 Å². The van der Waals surface area contributed by atoms with Crippen LogP contribution in [-0.4, -0.2) is 67.5 Å². The van der Waals surface area contributed by atoms with Crippen LogP contribution in [0.2, 0.25) is 0 Å². The van der Waals surface area contributed by atoms with Crippen molar-refractivity contribution in [3.63, 3.8) is 0 Å². The maximum atomic E-state index is 13.6. The normalized spacial score (nSPS) is 19.1. The van der Waals surface area contributed by atoms with Crippen molar-refractivity contribution in [3.8, 4) is 0 Å². The van der Waals surface area contributed by atoms with Gasteiger partial charge >= 0.3 is 6.09 Å². The number of thioether (sulfide) groups is 1. The second-order valence-electron chi connectivity index (χ2n) is 9.53. The molecule has 0 N–H and O–H groups in total. The maximum Gasteiger partial charge on any atom is 0.410 e. The number of hydrogen-bond donors (Lipinski definition) is 0. The molecule has 4 heterocycles. The molecule has 0 radical (unpaired) electrons. The van der Waals surface area contributed by atoms with Gasteiger partial charge in [0.2, 0.25) is 0 Å². The Morgan fingerprint density at radius 3 is 2.57 bits per heavy atom. The molecule has 0 aliphatic carbocycles. The fourth-order valence-electron chi connectivity index (χ4n) is 5.06. The Balaban J connectivity index is 1.31. The molecule has 2 fully saturated rings. The highest BCUT2D eigenvalue weighted by Gasteiger charge is 2.39. The van der Waals surface area contributed by atoms with Crippen LogP contribution in [0.25, 0.3) is 11.0 Å². The lowest BCUT2D eigenvalue weighted by Gasteiger charge is -2.35. The molecule has 5 rings (SSSR count). The summed E-state index contributed by atoms with van der Waals surface area (Å²) in [4.78, 5) is 35.5. The average Bonchev–Trinajstić information content (AvgIpc) is 3.38. The molecule has 1 unspecified atom stereocenters. The van der Waals surface area contributed by atoms with E-state index >= 15 is 0 Å². The summed E-state index contributed by atoms with van der Waals surface area (Å²) in [5, 5.41) is 5.80. The number of pyridine rings is 1. The molecule has 3 aromatic rings. The van der Waals surface area contributed by atoms with Crippen LogP contribution in [0, 0.1) is 6.92 Å². The smallest absolute Gasteiger partial charge is 0.410 e. The molecule has 2 aliphatic rings. The standard InChI is InChI=1S/C26H31N5O3S/c1-16(2)35-23-20(14-27-24-22(23)17(3)28-29(24)4)25(32)30-12-10-19(11-13-30)31-15-21(34-26(31)33)18-8-6-5-7-9-18/h5-9,14,16,19,21H,10-13,15H2,1-4H3. The molecule has 2 amide bonds. The molecular formula is C26H31N5O3S. The lowest BCUT2D eigenvalue weighted by Crippen LogP contribution is -2.47. The zero-order chi connectivity index (χ0) is 24.7. The lowest BCUT2D eigenvalue weighted by atomic mass is 10.0. The number of piperidine rings is 1. The number of nitrogens with zero attached hydrogens (tertiary/aromatic N) is 5. The number of likely N-dealkylation sites (tertiary alicyclic amines) is 1. The topological polar surface area (TPSA) is 80.6 Å². The van der Waals surface area contributed by atoms with Crippen LogP contribution in [0.15, 0.2) is 41.4 Å². The van der Waals surface area contributed by atoms with Gasteiger partial charge < -0.3 is 14.5 Å². The van der Waals surface area contributed by atoms with Gasteiger partial charge in [0, 0.05) is 42.5 Å². The average molecular weight is 494 g/mol. The van der Waals surface area contributed by atoms with Gasteiger partial charge in [0.25, 0.3) is 5.91 Å². The molecular weight excluding hydrogens is 462 g/mol. The van der Waals surface area contributed by atoms with Gasteiger partial charge in [-0.3, -0.25) is 9.48 Å². The minimum atomic E-state index is -0.263. The number of aryl methyl sites for hydroxylation is 2. The van der Waals surface area contributed by atoms with Crippen molar-refractivity contribution in [2.24, 2.45) is 7.05 Å². The molecule has 0 bridgehead atoms. The molecule has 184 valence electrons. The van der Waals surface area contributed by atoms with E-state index in [1.165, 1.54) is 0 Å². The zero-order valence-corrected chi connectivity index (χ0v) is 21.4. The highest BCUT2D eigenvalue weighted by atomic mass is 32.2. The van der Waals surface area contributed by atoms with E-state index in [1.807, 2.05) is 54.1 Å². The van der Waals surface area contributed by atoms with E-state index in [9.17, 15) is 9.59 Å². The van der Waals surface area contributed by atoms with E-state index in [1.54, 1.807) is 22.6 Å². The quantitative estimate of drug-likeness (QED) is 0.484. The largest absolute Gasteiger partial charge is 0.439 e. The van der Waals surface area contributed by atoms with Crippen LogP contribution >= 0.6 is 11.8 Å². The third-order valence-electron chi connectivity index (χ3n) is 6.77. The molecule has 9 heteroatoms. The first-order chi connectivity index (χ1) is 16.8. The van der Waals surface area contributed by atoms with Crippen LogP contribution in [0.4, 0.5) is 4.79 Å². The van der Waals surface area contributed by atoms with Crippen molar-refractivity contribution in [2.45, 2.75) is 55.9 Å². The van der Waals surface area contributed by atoms with Crippen molar-refractivity contribution in [1.82, 2.24) is 24.6 Å². The molecule has 1 aromatic carbocycles. The van der Waals surface area contributed by atoms with E-state index in [-0.39, 0.29) is 24.1 Å². The number of fused-ring (bicyclic) bond motifs is 1.